The Bertz CT molecular complexity index is 372. The molecule has 1 aromatic rings. The van der Waals surface area contributed by atoms with E-state index in [-0.39, 0.29) is 18.9 Å². The number of hydrogen-bond donors (Lipinski definition) is 1. The van der Waals surface area contributed by atoms with Crippen LogP contribution in [0.3, 0.4) is 0 Å². The van der Waals surface area contributed by atoms with Gasteiger partial charge in [-0.25, -0.2) is 0 Å². The fraction of sp³-hybridized carbons (Fsp3) is 0.538. The summed E-state index contributed by atoms with van der Waals surface area (Å²) in [5.74, 6) is 0. The van der Waals surface area contributed by atoms with E-state index in [0.29, 0.717) is 0 Å². The zero-order valence-electron chi connectivity index (χ0n) is 9.97. The van der Waals surface area contributed by atoms with Crippen molar-refractivity contribution in [2.24, 2.45) is 0 Å². The second-order valence-corrected chi connectivity index (χ2v) is 4.72. The topological polar surface area (TPSA) is 32.7 Å². The van der Waals surface area contributed by atoms with Crippen LogP contribution in [0.25, 0.3) is 0 Å². The van der Waals surface area contributed by atoms with E-state index in [1.165, 1.54) is 0 Å². The molecule has 2 rings (SSSR count). The summed E-state index contributed by atoms with van der Waals surface area (Å²) in [6, 6.07) is 7.72. The molecule has 0 spiro atoms. The predicted octanol–water partition coefficient (Wildman–Crippen LogP) is 2.44. The lowest BCUT2D eigenvalue weighted by Crippen LogP contribution is -2.26. The summed E-state index contributed by atoms with van der Waals surface area (Å²) in [7, 11) is 0. The minimum Gasteiger partial charge on any atom is -0.394 e. The lowest BCUT2D eigenvalue weighted by molar-refractivity contribution is -0.0194. The van der Waals surface area contributed by atoms with Crippen LogP contribution in [0, 0.1) is 0 Å². The molecule has 0 amide bonds. The molecule has 17 heavy (non-hydrogen) atoms. The van der Waals surface area contributed by atoms with Gasteiger partial charge in [0.25, 0.3) is 0 Å². The number of rotatable bonds is 4. The summed E-state index contributed by atoms with van der Waals surface area (Å²) in [5.41, 5.74) is 0.985. The summed E-state index contributed by atoms with van der Waals surface area (Å²) < 4.78 is 5.83. The molecule has 2 unspecified atom stereocenters. The molecule has 0 bridgehead atoms. The lowest BCUT2D eigenvalue weighted by atomic mass is 10.2. The first-order valence-electron chi connectivity index (χ1n) is 6.01. The Morgan fingerprint density at radius 3 is 2.88 bits per heavy atom. The molecule has 4 heteroatoms. The fourth-order valence-electron chi connectivity index (χ4n) is 2.21. The highest BCUT2D eigenvalue weighted by Crippen LogP contribution is 2.34. The maximum Gasteiger partial charge on any atom is 0.138 e. The molecule has 3 nitrogen and oxygen atoms in total. The van der Waals surface area contributed by atoms with Crippen LogP contribution in [0.4, 0.5) is 0 Å². The van der Waals surface area contributed by atoms with Crippen LogP contribution in [0.15, 0.2) is 24.3 Å². The fourth-order valence-corrected chi connectivity index (χ4v) is 2.44. The van der Waals surface area contributed by atoms with Gasteiger partial charge in [0, 0.05) is 23.7 Å². The number of aliphatic hydroxyl groups excluding tert-OH is 1. The zero-order valence-corrected chi connectivity index (χ0v) is 10.7. The van der Waals surface area contributed by atoms with Crippen LogP contribution < -0.4 is 0 Å². The van der Waals surface area contributed by atoms with Crippen molar-refractivity contribution in [2.75, 3.05) is 19.7 Å². The van der Waals surface area contributed by atoms with Crippen LogP contribution in [0.2, 0.25) is 5.02 Å². The average molecular weight is 256 g/mol. The molecule has 1 aliphatic rings. The van der Waals surface area contributed by atoms with Crippen molar-refractivity contribution < 1.29 is 9.84 Å². The second-order valence-electron chi connectivity index (χ2n) is 4.31. The van der Waals surface area contributed by atoms with Crippen molar-refractivity contribution in [1.29, 1.82) is 0 Å². The Hall–Kier alpha value is -0.610. The first kappa shape index (κ1) is 12.8. The van der Waals surface area contributed by atoms with Gasteiger partial charge in [-0.15, -0.1) is 0 Å². The van der Waals surface area contributed by atoms with E-state index in [2.05, 4.69) is 11.8 Å². The predicted molar refractivity (Wildman–Crippen MR) is 68.0 cm³/mol. The summed E-state index contributed by atoms with van der Waals surface area (Å²) in [6.45, 7) is 3.91. The molecule has 0 aromatic heterocycles. The monoisotopic (exact) mass is 255 g/mol. The first-order chi connectivity index (χ1) is 8.26. The number of benzene rings is 1. The van der Waals surface area contributed by atoms with Gasteiger partial charge in [-0.2, -0.15) is 0 Å². The Balaban J connectivity index is 2.20. The van der Waals surface area contributed by atoms with Crippen molar-refractivity contribution in [2.45, 2.75) is 25.7 Å². The van der Waals surface area contributed by atoms with Gasteiger partial charge in [-0.1, -0.05) is 36.7 Å². The molecular weight excluding hydrogens is 238 g/mol. The molecule has 0 saturated carbocycles. The second kappa shape index (κ2) is 5.83. The van der Waals surface area contributed by atoms with Crippen molar-refractivity contribution in [3.8, 4) is 0 Å². The van der Waals surface area contributed by atoms with E-state index in [1.54, 1.807) is 0 Å². The summed E-state index contributed by atoms with van der Waals surface area (Å²) in [6.07, 6.45) is 0.825. The highest BCUT2D eigenvalue weighted by atomic mass is 35.5. The highest BCUT2D eigenvalue weighted by Gasteiger charge is 2.33. The SMILES string of the molecule is CCCN1CC(CO)OC1c1ccccc1Cl. The number of halogens is 1. The van der Waals surface area contributed by atoms with Crippen molar-refractivity contribution in [3.05, 3.63) is 34.9 Å². The summed E-state index contributed by atoms with van der Waals surface area (Å²) in [4.78, 5) is 2.22. The number of hydrogen-bond acceptors (Lipinski definition) is 3. The molecule has 1 heterocycles. The largest absolute Gasteiger partial charge is 0.394 e. The van der Waals surface area contributed by atoms with Crippen LogP contribution in [-0.2, 0) is 4.74 Å². The van der Waals surface area contributed by atoms with Gasteiger partial charge in [-0.05, 0) is 12.5 Å². The van der Waals surface area contributed by atoms with Gasteiger partial charge < -0.3 is 9.84 Å². The molecule has 1 aliphatic heterocycles. The van der Waals surface area contributed by atoms with Crippen LogP contribution in [0.5, 0.6) is 0 Å². The van der Waals surface area contributed by atoms with Gasteiger partial charge in [-0.3, -0.25) is 4.90 Å². The third kappa shape index (κ3) is 2.80. The number of nitrogens with zero attached hydrogens (tertiary/aromatic N) is 1. The molecule has 1 N–H and O–H groups in total. The van der Waals surface area contributed by atoms with Gasteiger partial charge >= 0.3 is 0 Å². The van der Waals surface area contributed by atoms with E-state index < -0.39 is 0 Å². The third-order valence-corrected chi connectivity index (χ3v) is 3.32. The minimum absolute atomic E-state index is 0.0567. The van der Waals surface area contributed by atoms with E-state index in [9.17, 15) is 5.11 Å². The molecule has 94 valence electrons. The lowest BCUT2D eigenvalue weighted by Gasteiger charge is -2.23. The third-order valence-electron chi connectivity index (χ3n) is 2.98. The van der Waals surface area contributed by atoms with E-state index in [1.807, 2.05) is 24.3 Å². The molecule has 1 fully saturated rings. The maximum atomic E-state index is 9.20. The van der Waals surface area contributed by atoms with Crippen molar-refractivity contribution in [3.63, 3.8) is 0 Å². The molecule has 2 atom stereocenters. The minimum atomic E-state index is -0.124. The molecular formula is C13H18ClNO2. The van der Waals surface area contributed by atoms with Crippen LogP contribution in [0.1, 0.15) is 25.1 Å². The highest BCUT2D eigenvalue weighted by molar-refractivity contribution is 6.31. The first-order valence-corrected chi connectivity index (χ1v) is 6.38. The van der Waals surface area contributed by atoms with Crippen LogP contribution in [-0.4, -0.2) is 35.8 Å². The summed E-state index contributed by atoms with van der Waals surface area (Å²) >= 11 is 6.19. The Kier molecular flexibility index (Phi) is 4.40. The quantitative estimate of drug-likeness (QED) is 0.897. The molecule has 1 saturated heterocycles. The average Bonchev–Trinajstić information content (AvgIpc) is 2.73. The van der Waals surface area contributed by atoms with E-state index in [0.717, 1.165) is 30.1 Å². The Morgan fingerprint density at radius 2 is 2.24 bits per heavy atom. The van der Waals surface area contributed by atoms with E-state index in [4.69, 9.17) is 16.3 Å². The van der Waals surface area contributed by atoms with Crippen molar-refractivity contribution >= 4 is 11.6 Å². The van der Waals surface area contributed by atoms with Gasteiger partial charge in [0.05, 0.1) is 12.7 Å². The van der Waals surface area contributed by atoms with E-state index >= 15 is 0 Å². The number of ether oxygens (including phenoxy) is 1. The summed E-state index contributed by atoms with van der Waals surface area (Å²) in [5, 5.41) is 9.92. The van der Waals surface area contributed by atoms with Crippen LogP contribution >= 0.6 is 11.6 Å². The number of aliphatic hydroxyl groups is 1. The smallest absolute Gasteiger partial charge is 0.138 e. The normalized spacial score (nSPS) is 25.4. The Morgan fingerprint density at radius 1 is 1.47 bits per heavy atom. The Labute approximate surface area is 107 Å². The van der Waals surface area contributed by atoms with Gasteiger partial charge in [0.1, 0.15) is 6.23 Å². The molecule has 1 aromatic carbocycles. The van der Waals surface area contributed by atoms with Gasteiger partial charge in [0.2, 0.25) is 0 Å². The molecule has 0 radical (unpaired) electrons. The van der Waals surface area contributed by atoms with Gasteiger partial charge in [0.15, 0.2) is 0 Å². The zero-order chi connectivity index (χ0) is 12.3. The molecule has 0 aliphatic carbocycles. The maximum absolute atomic E-state index is 9.20. The van der Waals surface area contributed by atoms with Crippen molar-refractivity contribution in [1.82, 2.24) is 4.90 Å². The standard InChI is InChI=1S/C13H18ClNO2/c1-2-7-15-8-10(9-16)17-13(15)11-5-3-4-6-12(11)14/h3-6,10,13,16H,2,7-9H2,1H3.